The van der Waals surface area contributed by atoms with E-state index < -0.39 is 16.0 Å². The third kappa shape index (κ3) is 8.35. The first-order valence-corrected chi connectivity index (χ1v) is 14.8. The quantitative estimate of drug-likeness (QED) is 0.190. The zero-order valence-corrected chi connectivity index (χ0v) is 24.1. The number of ether oxygens (including phenoxy) is 2. The number of aliphatic hydroxyl groups excluding tert-OH is 2. The molecule has 0 aliphatic carbocycles. The Labute approximate surface area is 247 Å². The molecule has 208 valence electrons. The zero-order chi connectivity index (χ0) is 27.8. The number of hydrogen-bond donors (Lipinski definition) is 3. The molecule has 1 saturated heterocycles. The predicted molar refractivity (Wildman–Crippen MR) is 157 cm³/mol. The first-order chi connectivity index (χ1) is 18.8. The van der Waals surface area contributed by atoms with Crippen LogP contribution in [-0.4, -0.2) is 44.1 Å². The summed E-state index contributed by atoms with van der Waals surface area (Å²) >= 11 is 18.7. The van der Waals surface area contributed by atoms with Crippen molar-refractivity contribution in [2.75, 3.05) is 18.1 Å². The molecule has 10 heteroatoms. The van der Waals surface area contributed by atoms with Crippen molar-refractivity contribution in [3.8, 4) is 11.1 Å². The van der Waals surface area contributed by atoms with E-state index in [2.05, 4.69) is 5.32 Å². The van der Waals surface area contributed by atoms with E-state index >= 15 is 0 Å². The lowest BCUT2D eigenvalue weighted by Gasteiger charge is -2.36. The molecule has 0 aromatic heterocycles. The van der Waals surface area contributed by atoms with Gasteiger partial charge in [-0.15, -0.1) is 0 Å². The summed E-state index contributed by atoms with van der Waals surface area (Å²) in [5, 5.41) is 21.2. The van der Waals surface area contributed by atoms with Gasteiger partial charge in [0.25, 0.3) is 9.70 Å². The van der Waals surface area contributed by atoms with Crippen LogP contribution in [0.4, 0.5) is 0 Å². The fourth-order valence-electron chi connectivity index (χ4n) is 4.35. The van der Waals surface area contributed by atoms with Crippen molar-refractivity contribution < 1.29 is 24.5 Å². The van der Waals surface area contributed by atoms with Gasteiger partial charge < -0.3 is 25.0 Å². The van der Waals surface area contributed by atoms with Gasteiger partial charge in [0.15, 0.2) is 6.29 Å². The summed E-state index contributed by atoms with van der Waals surface area (Å²) in [6.45, 7) is 0.330. The SMILES string of the molecule is O=C(NCc1ccccc1-c1ccc([C@H]2O[C@@H](CSCCO)C[C@@H](c3ccc(CO)cc3)O2)cc1)C(Cl)(Cl)Cl. The molecule has 0 bridgehead atoms. The average molecular weight is 611 g/mol. The largest absolute Gasteiger partial charge is 0.396 e. The predicted octanol–water partition coefficient (Wildman–Crippen LogP) is 6.10. The number of thioether (sulfide) groups is 1. The van der Waals surface area contributed by atoms with Crippen LogP contribution < -0.4 is 5.32 Å². The van der Waals surface area contributed by atoms with Crippen molar-refractivity contribution in [3.05, 3.63) is 95.1 Å². The number of carbonyl (C=O) groups is 1. The number of rotatable bonds is 10. The summed E-state index contributed by atoms with van der Waals surface area (Å²) < 4.78 is 10.7. The molecule has 0 spiro atoms. The van der Waals surface area contributed by atoms with E-state index in [1.807, 2.05) is 72.8 Å². The lowest BCUT2D eigenvalue weighted by atomic mass is 9.98. The van der Waals surface area contributed by atoms with Gasteiger partial charge >= 0.3 is 0 Å². The van der Waals surface area contributed by atoms with Crippen LogP contribution in [0.5, 0.6) is 0 Å². The number of amides is 1. The minimum atomic E-state index is -2.02. The number of hydrogen-bond acceptors (Lipinski definition) is 6. The van der Waals surface area contributed by atoms with Gasteiger partial charge in [0.1, 0.15) is 0 Å². The van der Waals surface area contributed by atoms with Crippen molar-refractivity contribution in [1.82, 2.24) is 5.32 Å². The molecule has 3 aromatic rings. The van der Waals surface area contributed by atoms with Crippen molar-refractivity contribution in [2.24, 2.45) is 0 Å². The number of benzene rings is 3. The highest BCUT2D eigenvalue weighted by atomic mass is 35.6. The first kappa shape index (κ1) is 30.2. The molecule has 1 amide bonds. The van der Waals surface area contributed by atoms with Crippen LogP contribution in [0.2, 0.25) is 0 Å². The maximum Gasteiger partial charge on any atom is 0.272 e. The molecule has 3 aromatic carbocycles. The summed E-state index contributed by atoms with van der Waals surface area (Å²) in [5.41, 5.74) is 5.54. The third-order valence-corrected chi connectivity index (χ3v) is 7.96. The van der Waals surface area contributed by atoms with Crippen LogP contribution in [0.1, 0.15) is 41.1 Å². The Morgan fingerprint density at radius 1 is 0.949 bits per heavy atom. The molecule has 1 aliphatic rings. The van der Waals surface area contributed by atoms with Crippen LogP contribution in [0.15, 0.2) is 72.8 Å². The van der Waals surface area contributed by atoms with Crippen molar-refractivity contribution in [2.45, 2.75) is 41.9 Å². The van der Waals surface area contributed by atoms with E-state index in [1.165, 1.54) is 0 Å². The molecule has 1 aliphatic heterocycles. The Balaban J connectivity index is 1.52. The van der Waals surface area contributed by atoms with E-state index in [-0.39, 0.29) is 32.0 Å². The van der Waals surface area contributed by atoms with Gasteiger partial charge in [-0.1, -0.05) is 108 Å². The highest BCUT2D eigenvalue weighted by molar-refractivity contribution is 7.99. The molecule has 1 fully saturated rings. The molecule has 0 unspecified atom stereocenters. The second-order valence-corrected chi connectivity index (χ2v) is 12.5. The summed E-state index contributed by atoms with van der Waals surface area (Å²) in [6, 6.07) is 23.4. The van der Waals surface area contributed by atoms with Gasteiger partial charge in [-0.05, 0) is 27.8 Å². The van der Waals surface area contributed by atoms with E-state index in [0.717, 1.165) is 39.1 Å². The summed E-state index contributed by atoms with van der Waals surface area (Å²) in [7, 11) is 0. The van der Waals surface area contributed by atoms with Gasteiger partial charge in [0.05, 0.1) is 25.4 Å². The minimum Gasteiger partial charge on any atom is -0.396 e. The Morgan fingerprint density at radius 2 is 1.64 bits per heavy atom. The topological polar surface area (TPSA) is 88.0 Å². The summed E-state index contributed by atoms with van der Waals surface area (Å²) in [4.78, 5) is 12.0. The maximum atomic E-state index is 12.0. The van der Waals surface area contributed by atoms with Crippen LogP contribution in [0, 0.1) is 0 Å². The number of nitrogens with one attached hydrogen (secondary N) is 1. The Bertz CT molecular complexity index is 1220. The molecule has 3 atom stereocenters. The molecule has 6 nitrogen and oxygen atoms in total. The monoisotopic (exact) mass is 609 g/mol. The first-order valence-electron chi connectivity index (χ1n) is 12.5. The van der Waals surface area contributed by atoms with Crippen LogP contribution in [0.3, 0.4) is 0 Å². The maximum absolute atomic E-state index is 12.0. The van der Waals surface area contributed by atoms with Crippen molar-refractivity contribution >= 4 is 52.5 Å². The second-order valence-electron chi connectivity index (χ2n) is 9.11. The lowest BCUT2D eigenvalue weighted by molar-refractivity contribution is -0.245. The fraction of sp³-hybridized carbons (Fsp3) is 0.345. The van der Waals surface area contributed by atoms with Gasteiger partial charge in [-0.25, -0.2) is 0 Å². The normalized spacial score (nSPS) is 19.6. The Hall–Kier alpha value is -1.81. The minimum absolute atomic E-state index is 0.00722. The van der Waals surface area contributed by atoms with E-state index in [9.17, 15) is 15.0 Å². The molecule has 0 radical (unpaired) electrons. The third-order valence-electron chi connectivity index (χ3n) is 6.36. The Morgan fingerprint density at radius 3 is 2.31 bits per heavy atom. The molecule has 4 rings (SSSR count). The summed E-state index contributed by atoms with van der Waals surface area (Å²) in [6.07, 6.45) is -0.0875. The highest BCUT2D eigenvalue weighted by Crippen LogP contribution is 2.39. The smallest absolute Gasteiger partial charge is 0.272 e. The van der Waals surface area contributed by atoms with E-state index in [0.29, 0.717) is 12.2 Å². The van der Waals surface area contributed by atoms with Gasteiger partial charge in [0, 0.05) is 30.0 Å². The zero-order valence-electron chi connectivity index (χ0n) is 21.1. The van der Waals surface area contributed by atoms with Gasteiger partial charge in [-0.3, -0.25) is 4.79 Å². The molecular weight excluding hydrogens is 581 g/mol. The standard InChI is InChI=1S/C29H30Cl3NO5S/c30-29(31,32)28(36)33-16-23-3-1-2-4-25(23)20-9-11-22(12-10-20)27-37-24(18-39-14-13-34)15-26(38-27)21-7-5-19(17-35)6-8-21/h1-12,24,26-27,34-35H,13-18H2,(H,33,36)/t24-,26+,27+/m1/s1. The van der Waals surface area contributed by atoms with E-state index in [4.69, 9.17) is 44.3 Å². The van der Waals surface area contributed by atoms with Gasteiger partial charge in [-0.2, -0.15) is 11.8 Å². The molecule has 0 saturated carbocycles. The average Bonchev–Trinajstić information content (AvgIpc) is 2.95. The number of aliphatic hydroxyl groups is 2. The molecule has 3 N–H and O–H groups in total. The highest BCUT2D eigenvalue weighted by Gasteiger charge is 2.32. The lowest BCUT2D eigenvalue weighted by Crippen LogP contribution is -2.34. The number of alkyl halides is 3. The number of carbonyl (C=O) groups excluding carboxylic acids is 1. The molecule has 39 heavy (non-hydrogen) atoms. The number of halogens is 3. The fourth-order valence-corrected chi connectivity index (χ4v) is 5.33. The Kier molecular flexibility index (Phi) is 11.0. The second kappa shape index (κ2) is 14.2. The van der Waals surface area contributed by atoms with Crippen LogP contribution in [0.25, 0.3) is 11.1 Å². The van der Waals surface area contributed by atoms with Crippen molar-refractivity contribution in [3.63, 3.8) is 0 Å². The molecule has 1 heterocycles. The van der Waals surface area contributed by atoms with Crippen LogP contribution in [-0.2, 0) is 27.4 Å². The molecular formula is C29H30Cl3NO5S. The van der Waals surface area contributed by atoms with E-state index in [1.54, 1.807) is 11.8 Å². The van der Waals surface area contributed by atoms with Crippen molar-refractivity contribution in [1.29, 1.82) is 0 Å². The van der Waals surface area contributed by atoms with Gasteiger partial charge in [0.2, 0.25) is 0 Å². The summed E-state index contributed by atoms with van der Waals surface area (Å²) in [5.74, 6) is 0.714. The van der Waals surface area contributed by atoms with Crippen LogP contribution >= 0.6 is 46.6 Å².